The number of benzene rings is 1. The minimum Gasteiger partial charge on any atom is -0.334 e. The van der Waals surface area contributed by atoms with E-state index in [0.29, 0.717) is 23.8 Å². The summed E-state index contributed by atoms with van der Waals surface area (Å²) in [4.78, 5) is 6.22. The lowest BCUT2D eigenvalue weighted by Crippen LogP contribution is -2.12. The molecule has 0 fully saturated rings. The number of nitrogens with zero attached hydrogens (tertiary/aromatic N) is 3. The SMILES string of the molecule is CCC/C=C/c1nc(-c2ccc(F)c(CN(C)C)c2)no1. The molecule has 0 unspecified atom stereocenters. The van der Waals surface area contributed by atoms with Gasteiger partial charge < -0.3 is 9.42 Å². The summed E-state index contributed by atoms with van der Waals surface area (Å²) in [6, 6.07) is 4.87. The van der Waals surface area contributed by atoms with Crippen molar-refractivity contribution in [1.82, 2.24) is 15.0 Å². The van der Waals surface area contributed by atoms with Crippen LogP contribution in [0.4, 0.5) is 4.39 Å². The maximum Gasteiger partial charge on any atom is 0.250 e. The first-order valence-electron chi connectivity index (χ1n) is 7.04. The molecule has 1 aromatic heterocycles. The second-order valence-electron chi connectivity index (χ2n) is 5.19. The van der Waals surface area contributed by atoms with E-state index in [0.717, 1.165) is 18.4 Å². The first-order chi connectivity index (χ1) is 10.1. The molecule has 21 heavy (non-hydrogen) atoms. The smallest absolute Gasteiger partial charge is 0.250 e. The van der Waals surface area contributed by atoms with Gasteiger partial charge in [0, 0.05) is 17.7 Å². The molecule has 4 nitrogen and oxygen atoms in total. The standard InChI is InChI=1S/C16H20FN3O/c1-4-5-6-7-15-18-16(19-21-15)12-8-9-14(17)13(10-12)11-20(2)3/h6-10H,4-5,11H2,1-3H3/b7-6+. The molecular weight excluding hydrogens is 269 g/mol. The van der Waals surface area contributed by atoms with Crippen LogP contribution in [0.1, 0.15) is 31.2 Å². The molecule has 0 saturated carbocycles. The number of aromatic nitrogens is 2. The topological polar surface area (TPSA) is 42.2 Å². The Morgan fingerprint density at radius 1 is 1.33 bits per heavy atom. The molecule has 0 atom stereocenters. The Bertz CT molecular complexity index is 620. The molecule has 0 bridgehead atoms. The van der Waals surface area contributed by atoms with Crippen LogP contribution in [-0.4, -0.2) is 29.1 Å². The summed E-state index contributed by atoms with van der Waals surface area (Å²) >= 11 is 0. The molecule has 0 aliphatic heterocycles. The molecule has 0 N–H and O–H groups in total. The summed E-state index contributed by atoms with van der Waals surface area (Å²) in [6.45, 7) is 2.63. The highest BCUT2D eigenvalue weighted by Gasteiger charge is 2.10. The number of unbranched alkanes of at least 4 members (excludes halogenated alkanes) is 1. The van der Waals surface area contributed by atoms with Crippen molar-refractivity contribution in [3.63, 3.8) is 0 Å². The van der Waals surface area contributed by atoms with Gasteiger partial charge in [0.15, 0.2) is 0 Å². The van der Waals surface area contributed by atoms with Gasteiger partial charge in [0.05, 0.1) is 0 Å². The summed E-state index contributed by atoms with van der Waals surface area (Å²) in [5.74, 6) is 0.724. The van der Waals surface area contributed by atoms with E-state index in [9.17, 15) is 4.39 Å². The zero-order chi connectivity index (χ0) is 15.2. The maximum absolute atomic E-state index is 13.8. The quantitative estimate of drug-likeness (QED) is 0.812. The van der Waals surface area contributed by atoms with Crippen molar-refractivity contribution in [1.29, 1.82) is 0 Å². The van der Waals surface area contributed by atoms with Gasteiger partial charge in [-0.1, -0.05) is 24.6 Å². The van der Waals surface area contributed by atoms with Gasteiger partial charge in [-0.2, -0.15) is 4.98 Å². The summed E-state index contributed by atoms with van der Waals surface area (Å²) in [5.41, 5.74) is 1.37. The molecule has 0 saturated heterocycles. The molecule has 1 aromatic carbocycles. The molecule has 5 heteroatoms. The number of allylic oxidation sites excluding steroid dienone is 1. The van der Waals surface area contributed by atoms with Crippen LogP contribution in [0.5, 0.6) is 0 Å². The van der Waals surface area contributed by atoms with Crippen molar-refractivity contribution in [3.05, 3.63) is 41.5 Å². The van der Waals surface area contributed by atoms with Crippen LogP contribution < -0.4 is 0 Å². The zero-order valence-electron chi connectivity index (χ0n) is 12.6. The van der Waals surface area contributed by atoms with Crippen LogP contribution >= 0.6 is 0 Å². The highest BCUT2D eigenvalue weighted by atomic mass is 19.1. The van der Waals surface area contributed by atoms with E-state index in [1.807, 2.05) is 31.1 Å². The molecular formula is C16H20FN3O. The van der Waals surface area contributed by atoms with E-state index in [1.54, 1.807) is 12.1 Å². The largest absolute Gasteiger partial charge is 0.334 e. The van der Waals surface area contributed by atoms with Crippen LogP contribution in [0, 0.1) is 5.82 Å². The van der Waals surface area contributed by atoms with Gasteiger partial charge in [0.2, 0.25) is 5.82 Å². The van der Waals surface area contributed by atoms with Crippen molar-refractivity contribution in [3.8, 4) is 11.4 Å². The average molecular weight is 289 g/mol. The number of halogens is 1. The second kappa shape index (κ2) is 7.13. The molecule has 0 aliphatic carbocycles. The predicted octanol–water partition coefficient (Wildman–Crippen LogP) is 3.75. The highest BCUT2D eigenvalue weighted by Crippen LogP contribution is 2.20. The molecule has 0 radical (unpaired) electrons. The number of hydrogen-bond acceptors (Lipinski definition) is 4. The maximum atomic E-state index is 13.8. The fourth-order valence-electron chi connectivity index (χ4n) is 1.95. The molecule has 2 rings (SSSR count). The van der Waals surface area contributed by atoms with Crippen LogP contribution in [0.15, 0.2) is 28.8 Å². The fourth-order valence-corrected chi connectivity index (χ4v) is 1.95. The van der Waals surface area contributed by atoms with E-state index in [1.165, 1.54) is 6.07 Å². The Balaban J connectivity index is 2.22. The Hall–Kier alpha value is -2.01. The number of hydrogen-bond donors (Lipinski definition) is 0. The Morgan fingerprint density at radius 3 is 2.86 bits per heavy atom. The van der Waals surface area contributed by atoms with Crippen molar-refractivity contribution in [2.75, 3.05) is 14.1 Å². The lowest BCUT2D eigenvalue weighted by atomic mass is 10.1. The summed E-state index contributed by atoms with van der Waals surface area (Å²) < 4.78 is 18.9. The molecule has 1 heterocycles. The molecule has 112 valence electrons. The lowest BCUT2D eigenvalue weighted by molar-refractivity contribution is 0.392. The van der Waals surface area contributed by atoms with Gasteiger partial charge in [-0.15, -0.1) is 0 Å². The van der Waals surface area contributed by atoms with Crippen molar-refractivity contribution >= 4 is 6.08 Å². The van der Waals surface area contributed by atoms with E-state index in [-0.39, 0.29) is 5.82 Å². The molecule has 0 aliphatic rings. The van der Waals surface area contributed by atoms with Gasteiger partial charge in [0.1, 0.15) is 5.82 Å². The number of rotatable bonds is 6. The minimum absolute atomic E-state index is 0.223. The average Bonchev–Trinajstić information content (AvgIpc) is 2.90. The van der Waals surface area contributed by atoms with Crippen LogP contribution in [0.3, 0.4) is 0 Å². The summed E-state index contributed by atoms with van der Waals surface area (Å²) in [5, 5.41) is 3.94. The Labute approximate surface area is 124 Å². The highest BCUT2D eigenvalue weighted by molar-refractivity contribution is 5.57. The first-order valence-corrected chi connectivity index (χ1v) is 7.04. The van der Waals surface area contributed by atoms with E-state index in [4.69, 9.17) is 4.52 Å². The van der Waals surface area contributed by atoms with Crippen molar-refractivity contribution in [2.24, 2.45) is 0 Å². The molecule has 2 aromatic rings. The fraction of sp³-hybridized carbons (Fsp3) is 0.375. The lowest BCUT2D eigenvalue weighted by Gasteiger charge is -2.10. The van der Waals surface area contributed by atoms with E-state index in [2.05, 4.69) is 17.1 Å². The van der Waals surface area contributed by atoms with Gasteiger partial charge >= 0.3 is 0 Å². The molecule has 0 amide bonds. The van der Waals surface area contributed by atoms with Crippen LogP contribution in [-0.2, 0) is 6.54 Å². The zero-order valence-corrected chi connectivity index (χ0v) is 12.6. The van der Waals surface area contributed by atoms with Crippen molar-refractivity contribution in [2.45, 2.75) is 26.3 Å². The van der Waals surface area contributed by atoms with Crippen LogP contribution in [0.2, 0.25) is 0 Å². The van der Waals surface area contributed by atoms with Crippen LogP contribution in [0.25, 0.3) is 17.5 Å². The second-order valence-corrected chi connectivity index (χ2v) is 5.19. The van der Waals surface area contributed by atoms with Gasteiger partial charge in [-0.3, -0.25) is 0 Å². The summed E-state index contributed by atoms with van der Waals surface area (Å²) in [7, 11) is 3.80. The van der Waals surface area contributed by atoms with E-state index >= 15 is 0 Å². The third-order valence-corrected chi connectivity index (χ3v) is 2.95. The Kier molecular flexibility index (Phi) is 5.22. The monoisotopic (exact) mass is 289 g/mol. The van der Waals surface area contributed by atoms with Gasteiger partial charge in [-0.25, -0.2) is 4.39 Å². The molecule has 0 spiro atoms. The third-order valence-electron chi connectivity index (χ3n) is 2.95. The van der Waals surface area contributed by atoms with E-state index < -0.39 is 0 Å². The predicted molar refractivity (Wildman–Crippen MR) is 81.0 cm³/mol. The third kappa shape index (κ3) is 4.23. The Morgan fingerprint density at radius 2 is 2.14 bits per heavy atom. The summed E-state index contributed by atoms with van der Waals surface area (Å²) in [6.07, 6.45) is 5.86. The first kappa shape index (κ1) is 15.4. The minimum atomic E-state index is -0.223. The van der Waals surface area contributed by atoms with Gasteiger partial charge in [-0.05, 0) is 44.8 Å². The normalized spacial score (nSPS) is 11.7. The van der Waals surface area contributed by atoms with Crippen molar-refractivity contribution < 1.29 is 8.91 Å². The van der Waals surface area contributed by atoms with Gasteiger partial charge in [0.25, 0.3) is 5.89 Å².